The highest BCUT2D eigenvalue weighted by Gasteiger charge is 2.14. The van der Waals surface area contributed by atoms with Crippen LogP contribution < -0.4 is 5.32 Å². The Morgan fingerprint density at radius 1 is 1.20 bits per heavy atom. The lowest BCUT2D eigenvalue weighted by Crippen LogP contribution is -2.21. The average molecular weight is 371 g/mol. The van der Waals surface area contributed by atoms with E-state index in [0.717, 1.165) is 10.1 Å². The number of benzene rings is 2. The number of nitriles is 1. The molecular weight excluding hydrogens is 360 g/mol. The lowest BCUT2D eigenvalue weighted by Gasteiger charge is -2.07. The summed E-state index contributed by atoms with van der Waals surface area (Å²) in [4.78, 5) is 24.5. The van der Waals surface area contributed by atoms with Crippen LogP contribution in [0, 0.1) is 11.3 Å². The molecule has 0 spiro atoms. The Bertz CT molecular complexity index is 974. The van der Waals surface area contributed by atoms with Gasteiger partial charge in [-0.1, -0.05) is 29.8 Å². The van der Waals surface area contributed by atoms with Gasteiger partial charge in [-0.15, -0.1) is 11.3 Å². The highest BCUT2D eigenvalue weighted by Crippen LogP contribution is 2.26. The van der Waals surface area contributed by atoms with Gasteiger partial charge in [-0.25, -0.2) is 4.79 Å². The van der Waals surface area contributed by atoms with Crippen molar-refractivity contribution in [3.63, 3.8) is 0 Å². The zero-order valence-corrected chi connectivity index (χ0v) is 14.4. The minimum Gasteiger partial charge on any atom is -0.451 e. The number of nitrogens with zero attached hydrogens (tertiary/aromatic N) is 1. The third-order valence-corrected chi connectivity index (χ3v) is 4.67. The van der Waals surface area contributed by atoms with Crippen LogP contribution in [0.25, 0.3) is 10.1 Å². The van der Waals surface area contributed by atoms with Gasteiger partial charge in [0, 0.05) is 9.72 Å². The van der Waals surface area contributed by atoms with Crippen molar-refractivity contribution in [1.29, 1.82) is 5.26 Å². The Hall–Kier alpha value is -2.88. The third kappa shape index (κ3) is 3.97. The molecule has 0 aliphatic carbocycles. The Kier molecular flexibility index (Phi) is 4.98. The number of carbonyl (C=O) groups excluding carboxylic acids is 2. The summed E-state index contributed by atoms with van der Waals surface area (Å²) in [6.07, 6.45) is 0. The number of hydrogen-bond donors (Lipinski definition) is 1. The van der Waals surface area contributed by atoms with Gasteiger partial charge < -0.3 is 10.1 Å². The van der Waals surface area contributed by atoms with Crippen molar-refractivity contribution in [1.82, 2.24) is 0 Å². The van der Waals surface area contributed by atoms with E-state index in [1.54, 1.807) is 12.1 Å². The zero-order valence-electron chi connectivity index (χ0n) is 12.8. The first kappa shape index (κ1) is 17.0. The molecule has 2 aromatic carbocycles. The number of amides is 1. The number of halogens is 1. The van der Waals surface area contributed by atoms with Crippen LogP contribution in [0.15, 0.2) is 48.5 Å². The van der Waals surface area contributed by atoms with Crippen LogP contribution >= 0.6 is 22.9 Å². The molecule has 3 aromatic rings. The molecule has 0 saturated carbocycles. The number of carbonyl (C=O) groups is 2. The molecule has 5 nitrogen and oxygen atoms in total. The van der Waals surface area contributed by atoms with Crippen molar-refractivity contribution in [3.8, 4) is 6.07 Å². The molecule has 1 aromatic heterocycles. The quantitative estimate of drug-likeness (QED) is 0.697. The van der Waals surface area contributed by atoms with Crippen molar-refractivity contribution < 1.29 is 14.3 Å². The first-order valence-electron chi connectivity index (χ1n) is 7.22. The van der Waals surface area contributed by atoms with Crippen LogP contribution in [0.1, 0.15) is 15.2 Å². The van der Waals surface area contributed by atoms with E-state index < -0.39 is 18.5 Å². The molecule has 0 fully saturated rings. The number of nitrogens with one attached hydrogen (secondary N) is 1. The lowest BCUT2D eigenvalue weighted by atomic mass is 10.2. The standard InChI is InChI=1S/C18H11ClN2O3S/c19-13-6-5-12(9-20)14(8-13)21-17(22)10-24-18(23)16-7-11-3-1-2-4-15(11)25-16/h1-8H,10H2,(H,21,22). The van der Waals surface area contributed by atoms with Crippen molar-refractivity contribution >= 4 is 50.6 Å². The van der Waals surface area contributed by atoms with Gasteiger partial charge in [-0.05, 0) is 35.7 Å². The summed E-state index contributed by atoms with van der Waals surface area (Å²) in [5.74, 6) is -1.11. The first-order valence-corrected chi connectivity index (χ1v) is 8.41. The van der Waals surface area contributed by atoms with E-state index in [1.165, 1.54) is 23.5 Å². The maximum Gasteiger partial charge on any atom is 0.348 e. The molecule has 1 amide bonds. The van der Waals surface area contributed by atoms with E-state index in [2.05, 4.69) is 5.32 Å². The Morgan fingerprint density at radius 3 is 2.76 bits per heavy atom. The molecule has 0 bridgehead atoms. The van der Waals surface area contributed by atoms with E-state index in [-0.39, 0.29) is 11.3 Å². The molecule has 0 aliphatic rings. The number of fused-ring (bicyclic) bond motifs is 1. The topological polar surface area (TPSA) is 79.2 Å². The van der Waals surface area contributed by atoms with Crippen molar-refractivity contribution in [2.24, 2.45) is 0 Å². The number of hydrogen-bond acceptors (Lipinski definition) is 5. The van der Waals surface area contributed by atoms with Crippen molar-refractivity contribution in [3.05, 3.63) is 64.0 Å². The van der Waals surface area contributed by atoms with Crippen molar-refractivity contribution in [2.75, 3.05) is 11.9 Å². The van der Waals surface area contributed by atoms with Gasteiger partial charge in [-0.3, -0.25) is 4.79 Å². The molecule has 0 aliphatic heterocycles. The smallest absolute Gasteiger partial charge is 0.348 e. The molecule has 1 heterocycles. The zero-order chi connectivity index (χ0) is 17.8. The molecule has 0 atom stereocenters. The average Bonchev–Trinajstić information content (AvgIpc) is 3.04. The fraction of sp³-hybridized carbons (Fsp3) is 0.0556. The highest BCUT2D eigenvalue weighted by molar-refractivity contribution is 7.20. The van der Waals surface area contributed by atoms with Crippen LogP contribution in [0.2, 0.25) is 5.02 Å². The number of thiophene rings is 1. The van der Waals surface area contributed by atoms with E-state index in [0.29, 0.717) is 9.90 Å². The molecule has 0 saturated heterocycles. The Morgan fingerprint density at radius 2 is 2.00 bits per heavy atom. The molecule has 7 heteroatoms. The minimum atomic E-state index is -0.567. The highest BCUT2D eigenvalue weighted by atomic mass is 35.5. The number of anilines is 1. The van der Waals surface area contributed by atoms with Crippen LogP contribution in [0.4, 0.5) is 5.69 Å². The summed E-state index contributed by atoms with van der Waals surface area (Å²) in [6.45, 7) is -0.454. The largest absolute Gasteiger partial charge is 0.451 e. The molecule has 3 rings (SSSR count). The monoisotopic (exact) mass is 370 g/mol. The number of rotatable bonds is 4. The van der Waals surface area contributed by atoms with Gasteiger partial charge in [0.15, 0.2) is 6.61 Å². The number of ether oxygens (including phenoxy) is 1. The summed E-state index contributed by atoms with van der Waals surface area (Å²) in [5.41, 5.74) is 0.548. The molecular formula is C18H11ClN2O3S. The fourth-order valence-corrected chi connectivity index (χ4v) is 3.32. The van der Waals surface area contributed by atoms with Crippen LogP contribution in [0.3, 0.4) is 0 Å². The van der Waals surface area contributed by atoms with E-state index in [4.69, 9.17) is 21.6 Å². The first-order chi connectivity index (χ1) is 12.1. The Labute approximate surface area is 152 Å². The third-order valence-electron chi connectivity index (χ3n) is 3.34. The van der Waals surface area contributed by atoms with E-state index >= 15 is 0 Å². The maximum absolute atomic E-state index is 12.1. The Balaban J connectivity index is 1.63. The summed E-state index contributed by atoms with van der Waals surface area (Å²) in [6, 6.07) is 15.8. The van der Waals surface area contributed by atoms with E-state index in [1.807, 2.05) is 30.3 Å². The second-order valence-corrected chi connectivity index (χ2v) is 6.59. The van der Waals surface area contributed by atoms with E-state index in [9.17, 15) is 9.59 Å². The summed E-state index contributed by atoms with van der Waals surface area (Å²) >= 11 is 7.16. The summed E-state index contributed by atoms with van der Waals surface area (Å²) < 4.78 is 6.01. The van der Waals surface area contributed by atoms with Crippen LogP contribution in [-0.4, -0.2) is 18.5 Å². The lowest BCUT2D eigenvalue weighted by molar-refractivity contribution is -0.119. The minimum absolute atomic E-state index is 0.272. The molecule has 25 heavy (non-hydrogen) atoms. The van der Waals surface area contributed by atoms with Crippen molar-refractivity contribution in [2.45, 2.75) is 0 Å². The van der Waals surface area contributed by atoms with Crippen LogP contribution in [-0.2, 0) is 9.53 Å². The second-order valence-electron chi connectivity index (χ2n) is 5.07. The SMILES string of the molecule is N#Cc1ccc(Cl)cc1NC(=O)COC(=O)c1cc2ccccc2s1. The van der Waals surface area contributed by atoms with Gasteiger partial charge in [-0.2, -0.15) is 5.26 Å². The molecule has 0 unspecified atom stereocenters. The van der Waals surface area contributed by atoms with Gasteiger partial charge >= 0.3 is 5.97 Å². The van der Waals surface area contributed by atoms with Gasteiger partial charge in [0.2, 0.25) is 0 Å². The van der Waals surface area contributed by atoms with Gasteiger partial charge in [0.25, 0.3) is 5.91 Å². The molecule has 124 valence electrons. The maximum atomic E-state index is 12.1. The normalized spacial score (nSPS) is 10.2. The summed E-state index contributed by atoms with van der Waals surface area (Å²) in [7, 11) is 0. The van der Waals surface area contributed by atoms with Gasteiger partial charge in [0.1, 0.15) is 10.9 Å². The summed E-state index contributed by atoms with van der Waals surface area (Å²) in [5, 5.41) is 12.9. The predicted octanol–water partition coefficient (Wildman–Crippen LogP) is 4.22. The molecule has 1 N–H and O–H groups in total. The second kappa shape index (κ2) is 7.34. The van der Waals surface area contributed by atoms with Crippen LogP contribution in [0.5, 0.6) is 0 Å². The molecule has 0 radical (unpaired) electrons. The van der Waals surface area contributed by atoms with Gasteiger partial charge in [0.05, 0.1) is 11.3 Å². The predicted molar refractivity (Wildman–Crippen MR) is 96.9 cm³/mol. The number of esters is 1. The fourth-order valence-electron chi connectivity index (χ4n) is 2.19.